The van der Waals surface area contributed by atoms with Crippen LogP contribution in [0.1, 0.15) is 24.1 Å². The Kier molecular flexibility index (Phi) is 2.00. The van der Waals surface area contributed by atoms with Crippen LogP contribution in [0.25, 0.3) is 0 Å². The van der Waals surface area contributed by atoms with Crippen LogP contribution in [0, 0.1) is 0 Å². The molecule has 1 heterocycles. The van der Waals surface area contributed by atoms with Crippen molar-refractivity contribution in [3.63, 3.8) is 0 Å². The quantitative estimate of drug-likeness (QED) is 0.721. The fourth-order valence-corrected chi connectivity index (χ4v) is 2.02. The molecule has 2 rings (SSSR count). The van der Waals surface area contributed by atoms with Crippen LogP contribution in [-0.2, 0) is 16.8 Å². The maximum Gasteiger partial charge on any atom is 0.305 e. The van der Waals surface area contributed by atoms with Gasteiger partial charge in [-0.3, -0.25) is 9.78 Å². The lowest BCUT2D eigenvalue weighted by Crippen LogP contribution is -2.36. The van der Waals surface area contributed by atoms with E-state index in [9.17, 15) is 4.79 Å². The molecular formula is C10H12N2O2. The first-order chi connectivity index (χ1) is 6.62. The van der Waals surface area contributed by atoms with E-state index in [1.165, 1.54) is 0 Å². The topological polar surface area (TPSA) is 76.2 Å². The number of nitrogens with zero attached hydrogens (tertiary/aromatic N) is 1. The number of nitrogens with two attached hydrogens (primary N) is 1. The van der Waals surface area contributed by atoms with Gasteiger partial charge in [-0.25, -0.2) is 0 Å². The number of rotatable bonds is 2. The van der Waals surface area contributed by atoms with E-state index in [1.54, 1.807) is 12.3 Å². The third kappa shape index (κ3) is 1.37. The highest BCUT2D eigenvalue weighted by atomic mass is 16.4. The van der Waals surface area contributed by atoms with Gasteiger partial charge in [-0.05, 0) is 24.5 Å². The normalized spacial score (nSPS) is 24.6. The average Bonchev–Trinajstić information content (AvgIpc) is 2.44. The van der Waals surface area contributed by atoms with Gasteiger partial charge in [0, 0.05) is 11.9 Å². The summed E-state index contributed by atoms with van der Waals surface area (Å²) >= 11 is 0. The van der Waals surface area contributed by atoms with Crippen molar-refractivity contribution in [1.29, 1.82) is 0 Å². The summed E-state index contributed by atoms with van der Waals surface area (Å²) < 4.78 is 0. The van der Waals surface area contributed by atoms with Crippen LogP contribution in [0.4, 0.5) is 0 Å². The Morgan fingerprint density at radius 2 is 2.50 bits per heavy atom. The third-order valence-corrected chi connectivity index (χ3v) is 2.70. The summed E-state index contributed by atoms with van der Waals surface area (Å²) in [6, 6.07) is 3.67. The molecule has 1 aromatic rings. The van der Waals surface area contributed by atoms with Gasteiger partial charge in [0.2, 0.25) is 0 Å². The second-order valence-electron chi connectivity index (χ2n) is 3.72. The zero-order valence-corrected chi connectivity index (χ0v) is 7.73. The fraction of sp³-hybridized carbons (Fsp3) is 0.400. The highest BCUT2D eigenvalue weighted by Crippen LogP contribution is 2.35. The number of fused-ring (bicyclic) bond motifs is 1. The molecule has 74 valence electrons. The molecule has 1 aromatic heterocycles. The van der Waals surface area contributed by atoms with Gasteiger partial charge in [-0.15, -0.1) is 0 Å². The maximum absolute atomic E-state index is 10.7. The molecule has 1 unspecified atom stereocenters. The van der Waals surface area contributed by atoms with E-state index in [-0.39, 0.29) is 6.42 Å². The predicted molar refractivity (Wildman–Crippen MR) is 50.7 cm³/mol. The lowest BCUT2D eigenvalue weighted by atomic mass is 9.90. The van der Waals surface area contributed by atoms with Gasteiger partial charge in [0.25, 0.3) is 0 Å². The second kappa shape index (κ2) is 3.06. The van der Waals surface area contributed by atoms with E-state index < -0.39 is 11.5 Å². The zero-order valence-electron chi connectivity index (χ0n) is 7.73. The Balaban J connectivity index is 2.37. The number of aryl methyl sites for hydroxylation is 1. The molecule has 0 amide bonds. The van der Waals surface area contributed by atoms with Gasteiger partial charge in [0.05, 0.1) is 12.0 Å². The largest absolute Gasteiger partial charge is 0.481 e. The number of hydrogen-bond acceptors (Lipinski definition) is 3. The van der Waals surface area contributed by atoms with E-state index >= 15 is 0 Å². The van der Waals surface area contributed by atoms with Crippen molar-refractivity contribution in [2.24, 2.45) is 5.73 Å². The highest BCUT2D eigenvalue weighted by molar-refractivity contribution is 5.69. The molecule has 3 N–H and O–H groups in total. The van der Waals surface area contributed by atoms with Crippen LogP contribution in [-0.4, -0.2) is 16.1 Å². The van der Waals surface area contributed by atoms with Crippen LogP contribution in [0.5, 0.6) is 0 Å². The Morgan fingerprint density at radius 3 is 3.21 bits per heavy atom. The first-order valence-electron chi connectivity index (χ1n) is 4.57. The van der Waals surface area contributed by atoms with E-state index in [0.29, 0.717) is 6.42 Å². The number of carboxylic acids is 1. The smallest absolute Gasteiger partial charge is 0.305 e. The molecule has 1 aliphatic carbocycles. The van der Waals surface area contributed by atoms with E-state index in [1.807, 2.05) is 6.07 Å². The van der Waals surface area contributed by atoms with Crippen molar-refractivity contribution in [1.82, 2.24) is 4.98 Å². The number of aliphatic carboxylic acids is 1. The molecule has 4 heteroatoms. The van der Waals surface area contributed by atoms with Crippen LogP contribution in [0.15, 0.2) is 18.3 Å². The van der Waals surface area contributed by atoms with Crippen LogP contribution >= 0.6 is 0 Å². The molecule has 0 saturated heterocycles. The van der Waals surface area contributed by atoms with E-state index in [4.69, 9.17) is 10.8 Å². The summed E-state index contributed by atoms with van der Waals surface area (Å²) in [5.41, 5.74) is 7.17. The van der Waals surface area contributed by atoms with Gasteiger partial charge in [-0.2, -0.15) is 0 Å². The summed E-state index contributed by atoms with van der Waals surface area (Å²) in [7, 11) is 0. The van der Waals surface area contributed by atoms with Crippen molar-refractivity contribution in [3.8, 4) is 0 Å². The Labute approximate surface area is 81.8 Å². The number of hydrogen-bond donors (Lipinski definition) is 2. The molecule has 1 aliphatic rings. The Bertz CT molecular complexity index is 378. The standard InChI is InChI=1S/C10H12N2O2/c11-10(6-9(13)14)4-3-8-7(10)2-1-5-12-8/h1-2,5H,3-4,6,11H2,(H,13,14). The third-order valence-electron chi connectivity index (χ3n) is 2.70. The number of aromatic nitrogens is 1. The Morgan fingerprint density at radius 1 is 1.71 bits per heavy atom. The van der Waals surface area contributed by atoms with E-state index in [2.05, 4.69) is 4.98 Å². The number of pyridine rings is 1. The lowest BCUT2D eigenvalue weighted by molar-refractivity contribution is -0.138. The van der Waals surface area contributed by atoms with Crippen molar-refractivity contribution >= 4 is 5.97 Å². The van der Waals surface area contributed by atoms with E-state index in [0.717, 1.165) is 17.7 Å². The molecule has 0 radical (unpaired) electrons. The maximum atomic E-state index is 10.7. The zero-order chi connectivity index (χ0) is 10.2. The average molecular weight is 192 g/mol. The van der Waals surface area contributed by atoms with Gasteiger partial charge in [-0.1, -0.05) is 6.07 Å². The molecule has 0 aliphatic heterocycles. The molecular weight excluding hydrogens is 180 g/mol. The minimum atomic E-state index is -0.857. The number of carbonyl (C=O) groups is 1. The number of carboxylic acid groups (broad SMARTS) is 1. The van der Waals surface area contributed by atoms with Crippen LogP contribution in [0.3, 0.4) is 0 Å². The van der Waals surface area contributed by atoms with Crippen molar-refractivity contribution < 1.29 is 9.90 Å². The SMILES string of the molecule is NC1(CC(=O)O)CCc2ncccc21. The molecule has 4 nitrogen and oxygen atoms in total. The molecule has 0 bridgehead atoms. The Hall–Kier alpha value is -1.42. The molecule has 14 heavy (non-hydrogen) atoms. The van der Waals surface area contributed by atoms with Crippen molar-refractivity contribution in [2.45, 2.75) is 24.8 Å². The van der Waals surface area contributed by atoms with Crippen LogP contribution in [0.2, 0.25) is 0 Å². The minimum Gasteiger partial charge on any atom is -0.481 e. The summed E-state index contributed by atoms with van der Waals surface area (Å²) in [4.78, 5) is 14.9. The fourth-order valence-electron chi connectivity index (χ4n) is 2.02. The molecule has 0 fully saturated rings. The summed E-state index contributed by atoms with van der Waals surface area (Å²) in [6.07, 6.45) is 3.14. The van der Waals surface area contributed by atoms with Crippen molar-refractivity contribution in [3.05, 3.63) is 29.6 Å². The molecule has 1 atom stereocenters. The van der Waals surface area contributed by atoms with Gasteiger partial charge < -0.3 is 10.8 Å². The second-order valence-corrected chi connectivity index (χ2v) is 3.72. The molecule has 0 saturated carbocycles. The highest BCUT2D eigenvalue weighted by Gasteiger charge is 2.37. The summed E-state index contributed by atoms with van der Waals surface area (Å²) in [5, 5.41) is 8.76. The monoisotopic (exact) mass is 192 g/mol. The van der Waals surface area contributed by atoms with Gasteiger partial charge in [0.15, 0.2) is 0 Å². The van der Waals surface area contributed by atoms with Crippen molar-refractivity contribution in [2.75, 3.05) is 0 Å². The molecule has 0 aromatic carbocycles. The van der Waals surface area contributed by atoms with Gasteiger partial charge in [0.1, 0.15) is 0 Å². The summed E-state index contributed by atoms with van der Waals surface area (Å²) in [5.74, 6) is -0.857. The van der Waals surface area contributed by atoms with Gasteiger partial charge >= 0.3 is 5.97 Å². The minimum absolute atomic E-state index is 0.0221. The first kappa shape index (κ1) is 9.15. The summed E-state index contributed by atoms with van der Waals surface area (Å²) in [6.45, 7) is 0. The lowest BCUT2D eigenvalue weighted by Gasteiger charge is -2.22. The predicted octanol–water partition coefficient (Wildman–Crippen LogP) is 0.656. The van der Waals surface area contributed by atoms with Crippen LogP contribution < -0.4 is 5.73 Å². The first-order valence-corrected chi connectivity index (χ1v) is 4.57. The molecule has 0 spiro atoms.